The van der Waals surface area contributed by atoms with Crippen molar-refractivity contribution in [2.45, 2.75) is 51.6 Å². The van der Waals surface area contributed by atoms with Crippen LogP contribution in [0.5, 0.6) is 0 Å². The predicted octanol–water partition coefficient (Wildman–Crippen LogP) is 3.06. The second kappa shape index (κ2) is 7.51. The Kier molecular flexibility index (Phi) is 5.16. The van der Waals surface area contributed by atoms with Gasteiger partial charge in [-0.3, -0.25) is 9.59 Å². The SMILES string of the molecule is Cc1cccc(C(=O)NC(C)C(=O)Nc2ccnn2C2CCCC2)c1. The van der Waals surface area contributed by atoms with Gasteiger partial charge in [0.1, 0.15) is 11.9 Å². The lowest BCUT2D eigenvalue weighted by molar-refractivity contribution is -0.117. The van der Waals surface area contributed by atoms with Gasteiger partial charge in [-0.15, -0.1) is 0 Å². The molecule has 25 heavy (non-hydrogen) atoms. The van der Waals surface area contributed by atoms with E-state index in [-0.39, 0.29) is 11.8 Å². The molecule has 1 aliphatic carbocycles. The fourth-order valence-electron chi connectivity index (χ4n) is 3.22. The first-order valence-electron chi connectivity index (χ1n) is 8.76. The summed E-state index contributed by atoms with van der Waals surface area (Å²) < 4.78 is 1.89. The first-order chi connectivity index (χ1) is 12.0. The highest BCUT2D eigenvalue weighted by molar-refractivity contribution is 6.00. The van der Waals surface area contributed by atoms with Crippen molar-refractivity contribution in [1.29, 1.82) is 0 Å². The van der Waals surface area contributed by atoms with E-state index in [9.17, 15) is 9.59 Å². The first kappa shape index (κ1) is 17.2. The van der Waals surface area contributed by atoms with Crippen molar-refractivity contribution in [2.75, 3.05) is 5.32 Å². The molecule has 0 bridgehead atoms. The minimum Gasteiger partial charge on any atom is -0.341 e. The van der Waals surface area contributed by atoms with Crippen LogP contribution in [-0.4, -0.2) is 27.6 Å². The van der Waals surface area contributed by atoms with E-state index in [4.69, 9.17) is 0 Å². The smallest absolute Gasteiger partial charge is 0.251 e. The molecule has 1 aromatic heterocycles. The Morgan fingerprint density at radius 3 is 2.72 bits per heavy atom. The Hall–Kier alpha value is -2.63. The van der Waals surface area contributed by atoms with E-state index < -0.39 is 6.04 Å². The molecule has 2 aromatic rings. The molecule has 132 valence electrons. The molecule has 0 aliphatic heterocycles. The van der Waals surface area contributed by atoms with Crippen LogP contribution in [0, 0.1) is 6.92 Å². The number of hydrogen-bond donors (Lipinski definition) is 2. The topological polar surface area (TPSA) is 76.0 Å². The van der Waals surface area contributed by atoms with Crippen molar-refractivity contribution in [3.63, 3.8) is 0 Å². The van der Waals surface area contributed by atoms with Gasteiger partial charge in [0.15, 0.2) is 0 Å². The van der Waals surface area contributed by atoms with Crippen molar-refractivity contribution in [3.8, 4) is 0 Å². The Morgan fingerprint density at radius 2 is 2.00 bits per heavy atom. The average molecular weight is 340 g/mol. The summed E-state index contributed by atoms with van der Waals surface area (Å²) in [4.78, 5) is 24.7. The summed E-state index contributed by atoms with van der Waals surface area (Å²) in [7, 11) is 0. The summed E-state index contributed by atoms with van der Waals surface area (Å²) >= 11 is 0. The van der Waals surface area contributed by atoms with Crippen molar-refractivity contribution in [3.05, 3.63) is 47.7 Å². The van der Waals surface area contributed by atoms with Crippen LogP contribution in [0.4, 0.5) is 5.82 Å². The summed E-state index contributed by atoms with van der Waals surface area (Å²) in [6.45, 7) is 3.61. The third kappa shape index (κ3) is 4.07. The van der Waals surface area contributed by atoms with E-state index in [2.05, 4.69) is 15.7 Å². The molecular formula is C19H24N4O2. The lowest BCUT2D eigenvalue weighted by Gasteiger charge is -2.17. The monoisotopic (exact) mass is 340 g/mol. The number of anilines is 1. The Balaban J connectivity index is 1.61. The average Bonchev–Trinajstić information content (AvgIpc) is 3.25. The standard InChI is InChI=1S/C19H24N4O2/c1-13-6-5-7-15(12-13)19(25)21-14(2)18(24)22-17-10-11-20-23(17)16-8-3-4-9-16/h5-7,10-12,14,16H,3-4,8-9H2,1-2H3,(H,21,25)(H,22,24). The number of nitrogens with one attached hydrogen (secondary N) is 2. The molecular weight excluding hydrogens is 316 g/mol. The van der Waals surface area contributed by atoms with Gasteiger partial charge in [0.05, 0.1) is 12.2 Å². The van der Waals surface area contributed by atoms with Crippen LogP contribution in [0.15, 0.2) is 36.5 Å². The minimum atomic E-state index is -0.639. The second-order valence-corrected chi connectivity index (χ2v) is 6.65. The first-order valence-corrected chi connectivity index (χ1v) is 8.76. The van der Waals surface area contributed by atoms with Gasteiger partial charge in [-0.05, 0) is 38.8 Å². The van der Waals surface area contributed by atoms with Crippen molar-refractivity contribution in [2.24, 2.45) is 0 Å². The lowest BCUT2D eigenvalue weighted by atomic mass is 10.1. The molecule has 0 radical (unpaired) electrons. The maximum Gasteiger partial charge on any atom is 0.251 e. The van der Waals surface area contributed by atoms with E-state index in [0.717, 1.165) is 18.4 Å². The molecule has 1 aliphatic rings. The third-order valence-electron chi connectivity index (χ3n) is 4.61. The molecule has 6 nitrogen and oxygen atoms in total. The van der Waals surface area contributed by atoms with Gasteiger partial charge < -0.3 is 10.6 Å². The van der Waals surface area contributed by atoms with Gasteiger partial charge >= 0.3 is 0 Å². The fourth-order valence-corrected chi connectivity index (χ4v) is 3.22. The zero-order valence-electron chi connectivity index (χ0n) is 14.7. The molecule has 1 aromatic carbocycles. The van der Waals surface area contributed by atoms with Gasteiger partial charge in [-0.1, -0.05) is 30.5 Å². The van der Waals surface area contributed by atoms with Gasteiger partial charge in [-0.25, -0.2) is 4.68 Å². The van der Waals surface area contributed by atoms with E-state index in [0.29, 0.717) is 17.4 Å². The van der Waals surface area contributed by atoms with Crippen molar-refractivity contribution in [1.82, 2.24) is 15.1 Å². The lowest BCUT2D eigenvalue weighted by Crippen LogP contribution is -2.42. The van der Waals surface area contributed by atoms with Gasteiger partial charge in [0.2, 0.25) is 5.91 Å². The second-order valence-electron chi connectivity index (χ2n) is 6.65. The highest BCUT2D eigenvalue weighted by atomic mass is 16.2. The summed E-state index contributed by atoms with van der Waals surface area (Å²) in [5, 5.41) is 9.97. The number of rotatable bonds is 5. The van der Waals surface area contributed by atoms with Crippen LogP contribution < -0.4 is 10.6 Å². The Morgan fingerprint density at radius 1 is 1.24 bits per heavy atom. The van der Waals surface area contributed by atoms with Gasteiger partial charge in [0, 0.05) is 11.6 Å². The Labute approximate surface area is 147 Å². The molecule has 3 rings (SSSR count). The summed E-state index contributed by atoms with van der Waals surface area (Å²) in [6.07, 6.45) is 6.26. The third-order valence-corrected chi connectivity index (χ3v) is 4.61. The number of benzene rings is 1. The van der Waals surface area contributed by atoms with Gasteiger partial charge in [-0.2, -0.15) is 5.10 Å². The van der Waals surface area contributed by atoms with E-state index in [1.165, 1.54) is 12.8 Å². The van der Waals surface area contributed by atoms with Crippen molar-refractivity contribution >= 4 is 17.6 Å². The molecule has 0 spiro atoms. The maximum absolute atomic E-state index is 12.4. The number of aryl methyl sites for hydroxylation is 1. The Bertz CT molecular complexity index is 762. The van der Waals surface area contributed by atoms with Crippen molar-refractivity contribution < 1.29 is 9.59 Å². The summed E-state index contributed by atoms with van der Waals surface area (Å²) in [5.74, 6) is 0.185. The normalized spacial score (nSPS) is 15.8. The highest BCUT2D eigenvalue weighted by Crippen LogP contribution is 2.31. The largest absolute Gasteiger partial charge is 0.341 e. The summed E-state index contributed by atoms with van der Waals surface area (Å²) in [5.41, 5.74) is 1.56. The van der Waals surface area contributed by atoms with E-state index in [1.54, 1.807) is 31.3 Å². The minimum absolute atomic E-state index is 0.249. The molecule has 1 fully saturated rings. The number of nitrogens with zero attached hydrogens (tertiary/aromatic N) is 2. The molecule has 6 heteroatoms. The van der Waals surface area contributed by atoms with Crippen LogP contribution in [0.3, 0.4) is 0 Å². The van der Waals surface area contributed by atoms with Crippen LogP contribution in [-0.2, 0) is 4.79 Å². The zero-order chi connectivity index (χ0) is 17.8. The quantitative estimate of drug-likeness (QED) is 0.878. The van der Waals surface area contributed by atoms with E-state index in [1.807, 2.05) is 23.7 Å². The van der Waals surface area contributed by atoms with Gasteiger partial charge in [0.25, 0.3) is 5.91 Å². The molecule has 2 amide bonds. The number of hydrogen-bond acceptors (Lipinski definition) is 3. The molecule has 1 unspecified atom stereocenters. The summed E-state index contributed by atoms with van der Waals surface area (Å²) in [6, 6.07) is 8.80. The van der Waals surface area contributed by atoms with Crippen LogP contribution in [0.2, 0.25) is 0 Å². The van der Waals surface area contributed by atoms with Crippen LogP contribution >= 0.6 is 0 Å². The number of aromatic nitrogens is 2. The number of carbonyl (C=O) groups excluding carboxylic acids is 2. The molecule has 0 saturated heterocycles. The molecule has 1 saturated carbocycles. The predicted molar refractivity (Wildman–Crippen MR) is 96.5 cm³/mol. The fraction of sp³-hybridized carbons (Fsp3) is 0.421. The highest BCUT2D eigenvalue weighted by Gasteiger charge is 2.22. The zero-order valence-corrected chi connectivity index (χ0v) is 14.7. The molecule has 2 N–H and O–H groups in total. The van der Waals surface area contributed by atoms with E-state index >= 15 is 0 Å². The number of carbonyl (C=O) groups is 2. The molecule has 1 heterocycles. The molecule has 1 atom stereocenters. The maximum atomic E-state index is 12.4. The van der Waals surface area contributed by atoms with Crippen LogP contribution in [0.25, 0.3) is 0 Å². The number of amides is 2. The van der Waals surface area contributed by atoms with Crippen LogP contribution in [0.1, 0.15) is 54.6 Å².